The summed E-state index contributed by atoms with van der Waals surface area (Å²) >= 11 is 0. The smallest absolute Gasteiger partial charge is 0.141 e. The Morgan fingerprint density at radius 3 is 2.71 bits per heavy atom. The average molecular weight is 288 g/mol. The van der Waals surface area contributed by atoms with E-state index in [4.69, 9.17) is 0 Å². The number of aromatic nitrogens is 3. The Kier molecular flexibility index (Phi) is 3.97. The van der Waals surface area contributed by atoms with Crippen LogP contribution in [0.1, 0.15) is 69.7 Å². The average Bonchev–Trinajstić information content (AvgIpc) is 3.26. The molecule has 0 saturated heterocycles. The van der Waals surface area contributed by atoms with Crippen LogP contribution in [-0.4, -0.2) is 21.7 Å². The third-order valence-electron chi connectivity index (χ3n) is 6.33. The fraction of sp³-hybridized carbons (Fsp3) is 0.882. The second kappa shape index (κ2) is 6.07. The Morgan fingerprint density at radius 2 is 2.05 bits per heavy atom. The summed E-state index contributed by atoms with van der Waals surface area (Å²) in [5.74, 6) is 4.76. The predicted octanol–water partition coefficient (Wildman–Crippen LogP) is 3.45. The van der Waals surface area contributed by atoms with Gasteiger partial charge >= 0.3 is 0 Å². The Morgan fingerprint density at radius 1 is 1.14 bits per heavy atom. The van der Waals surface area contributed by atoms with Gasteiger partial charge in [-0.15, -0.1) is 0 Å². The molecule has 1 heterocycles. The van der Waals surface area contributed by atoms with E-state index in [1.54, 1.807) is 6.33 Å². The van der Waals surface area contributed by atoms with Crippen molar-refractivity contribution in [2.45, 2.75) is 63.8 Å². The highest BCUT2D eigenvalue weighted by Gasteiger charge is 2.39. The number of H-pyrrole nitrogens is 1. The molecule has 3 fully saturated rings. The predicted molar refractivity (Wildman–Crippen MR) is 82.6 cm³/mol. The summed E-state index contributed by atoms with van der Waals surface area (Å²) in [5, 5.41) is 11.1. The van der Waals surface area contributed by atoms with Crippen LogP contribution in [0.4, 0.5) is 0 Å². The second-order valence-electron chi connectivity index (χ2n) is 7.59. The maximum atomic E-state index is 4.46. The molecule has 21 heavy (non-hydrogen) atoms. The maximum Gasteiger partial charge on any atom is 0.141 e. The van der Waals surface area contributed by atoms with Gasteiger partial charge in [0.05, 0.1) is 6.04 Å². The maximum absolute atomic E-state index is 4.46. The number of fused-ring (bicyclic) bond motifs is 2. The molecule has 1 aromatic rings. The van der Waals surface area contributed by atoms with Crippen LogP contribution < -0.4 is 5.32 Å². The molecule has 2 bridgehead atoms. The molecule has 3 aliphatic rings. The van der Waals surface area contributed by atoms with Crippen molar-refractivity contribution in [3.8, 4) is 0 Å². The topological polar surface area (TPSA) is 53.6 Å². The van der Waals surface area contributed by atoms with Gasteiger partial charge in [0.1, 0.15) is 12.2 Å². The van der Waals surface area contributed by atoms with Gasteiger partial charge in [-0.3, -0.25) is 5.10 Å². The number of nitrogens with zero attached hydrogens (tertiary/aromatic N) is 2. The van der Waals surface area contributed by atoms with Gasteiger partial charge < -0.3 is 5.32 Å². The minimum Gasteiger partial charge on any atom is -0.307 e. The summed E-state index contributed by atoms with van der Waals surface area (Å²) in [6.07, 6.45) is 14.5. The van der Waals surface area contributed by atoms with E-state index in [2.05, 4.69) is 20.5 Å². The molecule has 4 heteroatoms. The standard InChI is InChI=1S/C17H28N4/c1-2-4-13(5-3-1)16(17-19-11-20-21-17)18-10-15-9-12-6-7-14(15)8-12/h11-16,18H,1-10H2,(H,19,20,21). The first-order valence-electron chi connectivity index (χ1n) is 8.99. The molecule has 0 spiro atoms. The molecule has 3 aliphatic carbocycles. The zero-order valence-corrected chi connectivity index (χ0v) is 12.9. The number of nitrogens with one attached hydrogen (secondary N) is 2. The van der Waals surface area contributed by atoms with Gasteiger partial charge in [0.2, 0.25) is 0 Å². The van der Waals surface area contributed by atoms with E-state index in [0.717, 1.165) is 29.5 Å². The van der Waals surface area contributed by atoms with E-state index in [-0.39, 0.29) is 0 Å². The molecule has 0 radical (unpaired) electrons. The number of hydrogen-bond donors (Lipinski definition) is 2. The molecule has 0 amide bonds. The van der Waals surface area contributed by atoms with Crippen LogP contribution in [0.2, 0.25) is 0 Å². The summed E-state index contributed by atoms with van der Waals surface area (Å²) in [6.45, 7) is 1.18. The van der Waals surface area contributed by atoms with Crippen LogP contribution in [0.15, 0.2) is 6.33 Å². The second-order valence-corrected chi connectivity index (χ2v) is 7.59. The van der Waals surface area contributed by atoms with Gasteiger partial charge in [-0.1, -0.05) is 25.7 Å². The lowest BCUT2D eigenvalue weighted by molar-refractivity contribution is 0.235. The summed E-state index contributed by atoms with van der Waals surface area (Å²) in [6, 6.07) is 0.395. The van der Waals surface area contributed by atoms with Crippen molar-refractivity contribution in [3.63, 3.8) is 0 Å². The molecular formula is C17H28N4. The highest BCUT2D eigenvalue weighted by atomic mass is 15.2. The summed E-state index contributed by atoms with van der Waals surface area (Å²) in [4.78, 5) is 4.46. The van der Waals surface area contributed by atoms with Crippen molar-refractivity contribution in [1.29, 1.82) is 0 Å². The van der Waals surface area contributed by atoms with Gasteiger partial charge in [-0.25, -0.2) is 4.98 Å². The van der Waals surface area contributed by atoms with Crippen molar-refractivity contribution >= 4 is 0 Å². The van der Waals surface area contributed by atoms with Crippen LogP contribution in [0.25, 0.3) is 0 Å². The van der Waals surface area contributed by atoms with Crippen LogP contribution in [0.5, 0.6) is 0 Å². The van der Waals surface area contributed by atoms with Crippen LogP contribution in [0, 0.1) is 23.7 Å². The molecule has 2 N–H and O–H groups in total. The highest BCUT2D eigenvalue weighted by molar-refractivity contribution is 4.98. The van der Waals surface area contributed by atoms with Gasteiger partial charge in [-0.05, 0) is 62.3 Å². The Hall–Kier alpha value is -0.900. The summed E-state index contributed by atoms with van der Waals surface area (Å²) in [7, 11) is 0. The van der Waals surface area contributed by atoms with Crippen molar-refractivity contribution < 1.29 is 0 Å². The summed E-state index contributed by atoms with van der Waals surface area (Å²) < 4.78 is 0. The first kappa shape index (κ1) is 13.7. The lowest BCUT2D eigenvalue weighted by Crippen LogP contribution is -2.35. The molecule has 0 aliphatic heterocycles. The molecule has 4 rings (SSSR count). The monoisotopic (exact) mass is 288 g/mol. The van der Waals surface area contributed by atoms with Crippen LogP contribution >= 0.6 is 0 Å². The Labute approximate surface area is 127 Å². The molecule has 1 aromatic heterocycles. The van der Waals surface area contributed by atoms with Crippen molar-refractivity contribution in [2.75, 3.05) is 6.54 Å². The largest absolute Gasteiger partial charge is 0.307 e. The Balaban J connectivity index is 1.40. The number of aromatic amines is 1. The van der Waals surface area contributed by atoms with E-state index in [1.165, 1.54) is 64.3 Å². The lowest BCUT2D eigenvalue weighted by Gasteiger charge is -2.31. The third-order valence-corrected chi connectivity index (χ3v) is 6.33. The SMILES string of the molecule is c1n[nH]c(C(NCC2CC3CCC2C3)C2CCCCC2)n1. The molecule has 4 nitrogen and oxygen atoms in total. The highest BCUT2D eigenvalue weighted by Crippen LogP contribution is 2.48. The van der Waals surface area contributed by atoms with Gasteiger partial charge in [0, 0.05) is 0 Å². The van der Waals surface area contributed by atoms with Gasteiger partial charge in [-0.2, -0.15) is 5.10 Å². The molecule has 0 aromatic carbocycles. The Bertz CT molecular complexity index is 438. The fourth-order valence-electron chi connectivity index (χ4n) is 5.22. The van der Waals surface area contributed by atoms with Gasteiger partial charge in [0.25, 0.3) is 0 Å². The molecule has 4 unspecified atom stereocenters. The minimum absolute atomic E-state index is 0.395. The lowest BCUT2D eigenvalue weighted by atomic mass is 9.82. The van der Waals surface area contributed by atoms with E-state index in [0.29, 0.717) is 6.04 Å². The molecule has 4 atom stereocenters. The number of rotatable bonds is 5. The van der Waals surface area contributed by atoms with E-state index >= 15 is 0 Å². The van der Waals surface area contributed by atoms with E-state index < -0.39 is 0 Å². The van der Waals surface area contributed by atoms with E-state index in [9.17, 15) is 0 Å². The fourth-order valence-corrected chi connectivity index (χ4v) is 5.22. The van der Waals surface area contributed by atoms with Crippen molar-refractivity contribution in [2.24, 2.45) is 23.7 Å². The van der Waals surface area contributed by atoms with Crippen LogP contribution in [-0.2, 0) is 0 Å². The minimum atomic E-state index is 0.395. The quantitative estimate of drug-likeness (QED) is 0.872. The third kappa shape index (κ3) is 2.87. The normalized spacial score (nSPS) is 34.4. The molecule has 3 saturated carbocycles. The van der Waals surface area contributed by atoms with Crippen molar-refractivity contribution in [3.05, 3.63) is 12.2 Å². The molecule has 116 valence electrons. The summed E-state index contributed by atoms with van der Waals surface area (Å²) in [5.41, 5.74) is 0. The zero-order valence-electron chi connectivity index (χ0n) is 12.9. The zero-order chi connectivity index (χ0) is 14.1. The first-order chi connectivity index (χ1) is 10.4. The van der Waals surface area contributed by atoms with Gasteiger partial charge in [0.15, 0.2) is 0 Å². The molecular weight excluding hydrogens is 260 g/mol. The number of hydrogen-bond acceptors (Lipinski definition) is 3. The van der Waals surface area contributed by atoms with E-state index in [1.807, 2.05) is 0 Å². The first-order valence-corrected chi connectivity index (χ1v) is 8.99. The van der Waals surface area contributed by atoms with Crippen molar-refractivity contribution in [1.82, 2.24) is 20.5 Å². The van der Waals surface area contributed by atoms with Crippen LogP contribution in [0.3, 0.4) is 0 Å².